The fourth-order valence-corrected chi connectivity index (χ4v) is 3.59. The van der Waals surface area contributed by atoms with Crippen LogP contribution in [0.1, 0.15) is 50.6 Å². The molecule has 3 N–H and O–H groups in total. The van der Waals surface area contributed by atoms with Crippen LogP contribution in [-0.4, -0.2) is 37.0 Å². The summed E-state index contributed by atoms with van der Waals surface area (Å²) < 4.78 is 0. The van der Waals surface area contributed by atoms with Crippen molar-refractivity contribution in [3.63, 3.8) is 0 Å². The molecule has 0 heterocycles. The van der Waals surface area contributed by atoms with Crippen LogP contribution in [0.15, 0.2) is 30.3 Å². The van der Waals surface area contributed by atoms with Gasteiger partial charge in [0.15, 0.2) is 0 Å². The van der Waals surface area contributed by atoms with Crippen molar-refractivity contribution in [3.05, 3.63) is 35.9 Å². The van der Waals surface area contributed by atoms with Crippen LogP contribution < -0.4 is 11.1 Å². The van der Waals surface area contributed by atoms with E-state index in [4.69, 9.17) is 5.73 Å². The van der Waals surface area contributed by atoms with Gasteiger partial charge in [-0.15, -0.1) is 0 Å². The number of benzene rings is 1. The average molecular weight is 317 g/mol. The lowest BCUT2D eigenvalue weighted by atomic mass is 9.83. The molecule has 2 rings (SSSR count). The molecule has 1 aromatic rings. The summed E-state index contributed by atoms with van der Waals surface area (Å²) in [5.74, 6) is 0.600. The van der Waals surface area contributed by atoms with E-state index in [9.17, 15) is 4.79 Å². The summed E-state index contributed by atoms with van der Waals surface area (Å²) in [6, 6.07) is 9.84. The molecule has 0 spiro atoms. The molecule has 0 radical (unpaired) electrons. The van der Waals surface area contributed by atoms with E-state index in [-0.39, 0.29) is 18.0 Å². The van der Waals surface area contributed by atoms with E-state index < -0.39 is 0 Å². The SMILES string of the molecule is CCN(C)C(C(=O)NC(CN)C1CCCCC1)c1ccccc1. The summed E-state index contributed by atoms with van der Waals surface area (Å²) in [5, 5.41) is 3.24. The second-order valence-electron chi connectivity index (χ2n) is 6.64. The Labute approximate surface area is 140 Å². The summed E-state index contributed by atoms with van der Waals surface area (Å²) in [6.45, 7) is 3.42. The minimum atomic E-state index is -0.251. The predicted octanol–water partition coefficient (Wildman–Crippen LogP) is 2.70. The van der Waals surface area contributed by atoms with Gasteiger partial charge >= 0.3 is 0 Å². The van der Waals surface area contributed by atoms with E-state index in [0.717, 1.165) is 12.1 Å². The summed E-state index contributed by atoms with van der Waals surface area (Å²) in [5.41, 5.74) is 7.01. The standard InChI is InChI=1S/C19H31N3O/c1-3-22(2)18(16-12-8-5-9-13-16)19(23)21-17(14-20)15-10-6-4-7-11-15/h5,8-9,12-13,15,17-18H,3-4,6-7,10-11,14,20H2,1-2H3,(H,21,23). The zero-order chi connectivity index (χ0) is 16.7. The summed E-state index contributed by atoms with van der Waals surface area (Å²) in [4.78, 5) is 15.0. The van der Waals surface area contributed by atoms with Gasteiger partial charge in [-0.2, -0.15) is 0 Å². The number of hydrogen-bond acceptors (Lipinski definition) is 3. The van der Waals surface area contributed by atoms with Gasteiger partial charge in [0, 0.05) is 12.6 Å². The molecule has 1 aromatic carbocycles. The van der Waals surface area contributed by atoms with E-state index in [1.54, 1.807) is 0 Å². The van der Waals surface area contributed by atoms with Crippen LogP contribution in [0.25, 0.3) is 0 Å². The fraction of sp³-hybridized carbons (Fsp3) is 0.632. The molecule has 1 aliphatic carbocycles. The van der Waals surface area contributed by atoms with Crippen LogP contribution in [0.2, 0.25) is 0 Å². The van der Waals surface area contributed by atoms with E-state index in [1.165, 1.54) is 32.1 Å². The highest BCUT2D eigenvalue weighted by Crippen LogP contribution is 2.27. The van der Waals surface area contributed by atoms with Gasteiger partial charge in [0.1, 0.15) is 6.04 Å². The van der Waals surface area contributed by atoms with Gasteiger partial charge in [-0.1, -0.05) is 56.5 Å². The van der Waals surface area contributed by atoms with Gasteiger partial charge < -0.3 is 11.1 Å². The lowest BCUT2D eigenvalue weighted by molar-refractivity contribution is -0.127. The molecule has 1 aliphatic rings. The Hall–Kier alpha value is -1.39. The van der Waals surface area contributed by atoms with Gasteiger partial charge in [-0.05, 0) is 37.9 Å². The number of nitrogens with two attached hydrogens (primary N) is 1. The highest BCUT2D eigenvalue weighted by Gasteiger charge is 2.29. The fourth-order valence-electron chi connectivity index (χ4n) is 3.59. The van der Waals surface area contributed by atoms with Crippen molar-refractivity contribution in [3.8, 4) is 0 Å². The molecule has 23 heavy (non-hydrogen) atoms. The number of carbonyl (C=O) groups is 1. The van der Waals surface area contributed by atoms with Gasteiger partial charge in [-0.25, -0.2) is 0 Å². The largest absolute Gasteiger partial charge is 0.350 e. The van der Waals surface area contributed by atoms with Crippen LogP contribution in [0.3, 0.4) is 0 Å². The Kier molecular flexibility index (Phi) is 7.06. The zero-order valence-corrected chi connectivity index (χ0v) is 14.5. The first-order valence-electron chi connectivity index (χ1n) is 8.93. The lowest BCUT2D eigenvalue weighted by Crippen LogP contribution is -2.49. The Bertz CT molecular complexity index is 471. The van der Waals surface area contributed by atoms with Crippen LogP contribution >= 0.6 is 0 Å². The molecule has 4 heteroatoms. The van der Waals surface area contributed by atoms with Crippen molar-refractivity contribution in [2.45, 2.75) is 51.1 Å². The molecule has 1 fully saturated rings. The average Bonchev–Trinajstić information content (AvgIpc) is 2.61. The molecule has 4 nitrogen and oxygen atoms in total. The molecule has 0 bridgehead atoms. The third-order valence-electron chi connectivity index (χ3n) is 5.10. The van der Waals surface area contributed by atoms with Crippen molar-refractivity contribution in [2.24, 2.45) is 11.7 Å². The highest BCUT2D eigenvalue weighted by molar-refractivity contribution is 5.83. The van der Waals surface area contributed by atoms with E-state index in [1.807, 2.05) is 37.4 Å². The lowest BCUT2D eigenvalue weighted by Gasteiger charge is -2.33. The Morgan fingerprint density at radius 3 is 2.48 bits per heavy atom. The second kappa shape index (κ2) is 9.04. The van der Waals surface area contributed by atoms with Crippen molar-refractivity contribution >= 4 is 5.91 Å². The van der Waals surface area contributed by atoms with Gasteiger partial charge in [0.25, 0.3) is 0 Å². The maximum Gasteiger partial charge on any atom is 0.242 e. The number of amides is 1. The number of rotatable bonds is 7. The van der Waals surface area contributed by atoms with Crippen molar-refractivity contribution < 1.29 is 4.79 Å². The number of nitrogens with one attached hydrogen (secondary N) is 1. The molecule has 2 unspecified atom stereocenters. The predicted molar refractivity (Wildman–Crippen MR) is 95.0 cm³/mol. The topological polar surface area (TPSA) is 58.4 Å². The Morgan fingerprint density at radius 2 is 1.91 bits per heavy atom. The molecule has 2 atom stereocenters. The molecule has 128 valence electrons. The van der Waals surface area contributed by atoms with Crippen LogP contribution in [-0.2, 0) is 4.79 Å². The van der Waals surface area contributed by atoms with Crippen LogP contribution in [0.4, 0.5) is 0 Å². The first-order valence-corrected chi connectivity index (χ1v) is 8.93. The molecule has 1 amide bonds. The molecule has 1 saturated carbocycles. The monoisotopic (exact) mass is 317 g/mol. The maximum atomic E-state index is 12.9. The maximum absolute atomic E-state index is 12.9. The third-order valence-corrected chi connectivity index (χ3v) is 5.10. The quantitative estimate of drug-likeness (QED) is 0.813. The Morgan fingerprint density at radius 1 is 1.26 bits per heavy atom. The van der Waals surface area contributed by atoms with E-state index in [0.29, 0.717) is 12.5 Å². The van der Waals surface area contributed by atoms with Gasteiger partial charge in [0.2, 0.25) is 5.91 Å². The molecule has 0 aromatic heterocycles. The minimum Gasteiger partial charge on any atom is -0.350 e. The normalized spacial score (nSPS) is 18.6. The number of hydrogen-bond donors (Lipinski definition) is 2. The molecule has 0 saturated heterocycles. The number of carbonyl (C=O) groups excluding carboxylic acids is 1. The smallest absolute Gasteiger partial charge is 0.242 e. The summed E-state index contributed by atoms with van der Waals surface area (Å²) >= 11 is 0. The zero-order valence-electron chi connectivity index (χ0n) is 14.5. The molecular weight excluding hydrogens is 286 g/mol. The summed E-state index contributed by atoms with van der Waals surface area (Å²) in [7, 11) is 2.00. The second-order valence-corrected chi connectivity index (χ2v) is 6.64. The number of nitrogens with zero attached hydrogens (tertiary/aromatic N) is 1. The van der Waals surface area contributed by atoms with Crippen molar-refractivity contribution in [1.29, 1.82) is 0 Å². The van der Waals surface area contributed by atoms with Gasteiger partial charge in [-0.3, -0.25) is 9.69 Å². The summed E-state index contributed by atoms with van der Waals surface area (Å²) in [6.07, 6.45) is 6.19. The van der Waals surface area contributed by atoms with Crippen LogP contribution in [0.5, 0.6) is 0 Å². The van der Waals surface area contributed by atoms with Crippen molar-refractivity contribution in [2.75, 3.05) is 20.1 Å². The first kappa shape index (κ1) is 18.0. The third kappa shape index (κ3) is 4.79. The number of likely N-dealkylation sites (N-methyl/N-ethyl adjacent to an activating group) is 1. The molecular formula is C19H31N3O. The first-order chi connectivity index (χ1) is 11.2. The van der Waals surface area contributed by atoms with Gasteiger partial charge in [0.05, 0.1) is 0 Å². The van der Waals surface area contributed by atoms with E-state index >= 15 is 0 Å². The molecule has 0 aliphatic heterocycles. The minimum absolute atomic E-state index is 0.0709. The van der Waals surface area contributed by atoms with Crippen molar-refractivity contribution in [1.82, 2.24) is 10.2 Å². The highest BCUT2D eigenvalue weighted by atomic mass is 16.2. The van der Waals surface area contributed by atoms with Crippen LogP contribution in [0, 0.1) is 5.92 Å². The Balaban J connectivity index is 2.10. The van der Waals surface area contributed by atoms with E-state index in [2.05, 4.69) is 17.1 Å².